The lowest BCUT2D eigenvalue weighted by Crippen LogP contribution is -2.50. The Balaban J connectivity index is 1.23. The van der Waals surface area contributed by atoms with Crippen LogP contribution in [0.1, 0.15) is 48.8 Å². The molecule has 0 aromatic heterocycles. The summed E-state index contributed by atoms with van der Waals surface area (Å²) in [5.74, 6) is -0.401. The molecule has 0 bridgehead atoms. The van der Waals surface area contributed by atoms with Crippen LogP contribution in [0.5, 0.6) is 0 Å². The first kappa shape index (κ1) is 29.3. The quantitative estimate of drug-likeness (QED) is 0.390. The molecule has 0 amide bonds. The van der Waals surface area contributed by atoms with Crippen LogP contribution in [0.25, 0.3) is 0 Å². The summed E-state index contributed by atoms with van der Waals surface area (Å²) in [5, 5.41) is 9.54. The summed E-state index contributed by atoms with van der Waals surface area (Å²) in [7, 11) is -3.75. The highest BCUT2D eigenvalue weighted by Crippen LogP contribution is 2.43. The highest BCUT2D eigenvalue weighted by molar-refractivity contribution is 7.92. The molecule has 0 saturated carbocycles. The number of piperidine rings is 1. The van der Waals surface area contributed by atoms with E-state index in [1.165, 1.54) is 0 Å². The van der Waals surface area contributed by atoms with Gasteiger partial charge < -0.3 is 29.0 Å². The zero-order valence-electron chi connectivity index (χ0n) is 23.7. The number of anilines is 1. The predicted molar refractivity (Wildman–Crippen MR) is 157 cm³/mol. The van der Waals surface area contributed by atoms with Crippen LogP contribution in [-0.2, 0) is 35.6 Å². The molecule has 3 saturated heterocycles. The number of sulfonamides is 1. The SMILES string of the molecule is C[C@H]1[C@@H](CN2CCC3(CC2)OCCO3)OC(c2cccc(NS(=O)(=O)c3ccccc3)c2)O[C@H]1c1ccc(CO)cc1. The third kappa shape index (κ3) is 6.40. The van der Waals surface area contributed by atoms with Crippen LogP contribution in [-0.4, -0.2) is 63.2 Å². The first-order chi connectivity index (χ1) is 20.3. The Morgan fingerprint density at radius 2 is 1.62 bits per heavy atom. The Labute approximate surface area is 247 Å². The van der Waals surface area contributed by atoms with E-state index in [4.69, 9.17) is 18.9 Å². The minimum absolute atomic E-state index is 0.0225. The lowest BCUT2D eigenvalue weighted by molar-refractivity contribution is -0.278. The standard InChI is InChI=1S/C32H38N2O7S/c1-23-29(21-34-16-14-32(15-17-34)38-18-19-39-32)40-31(41-30(23)25-12-10-24(22-35)11-13-25)26-6-5-7-27(20-26)33-42(36,37)28-8-3-2-4-9-28/h2-13,20,23,29-31,33,35H,14-19,21-22H2,1H3/t23-,29+,30+,31?/m0/s1. The van der Waals surface area contributed by atoms with Gasteiger partial charge in [0, 0.05) is 49.6 Å². The maximum absolute atomic E-state index is 13.0. The molecule has 3 aromatic carbocycles. The van der Waals surface area contributed by atoms with Gasteiger partial charge in [0.15, 0.2) is 12.1 Å². The predicted octanol–water partition coefficient (Wildman–Crippen LogP) is 4.61. The van der Waals surface area contributed by atoms with Gasteiger partial charge in [-0.05, 0) is 35.4 Å². The van der Waals surface area contributed by atoms with Crippen molar-refractivity contribution in [3.8, 4) is 0 Å². The number of aliphatic hydroxyl groups excluding tert-OH is 1. The van der Waals surface area contributed by atoms with Crippen LogP contribution in [0.4, 0.5) is 5.69 Å². The van der Waals surface area contributed by atoms with E-state index in [1.807, 2.05) is 30.3 Å². The first-order valence-corrected chi connectivity index (χ1v) is 16.0. The average Bonchev–Trinajstić information content (AvgIpc) is 3.47. The lowest BCUT2D eigenvalue weighted by atomic mass is 9.89. The summed E-state index contributed by atoms with van der Waals surface area (Å²) < 4.78 is 53.7. The van der Waals surface area contributed by atoms with Crippen molar-refractivity contribution in [2.24, 2.45) is 5.92 Å². The minimum atomic E-state index is -3.75. The number of nitrogens with one attached hydrogen (secondary N) is 1. The number of benzene rings is 3. The van der Waals surface area contributed by atoms with Gasteiger partial charge in [-0.3, -0.25) is 4.72 Å². The fourth-order valence-electron chi connectivity index (χ4n) is 6.01. The normalized spacial score (nSPS) is 26.3. The molecule has 2 N–H and O–H groups in total. The van der Waals surface area contributed by atoms with Gasteiger partial charge in [-0.1, -0.05) is 61.5 Å². The van der Waals surface area contributed by atoms with Crippen molar-refractivity contribution in [1.82, 2.24) is 4.90 Å². The van der Waals surface area contributed by atoms with Gasteiger partial charge in [0.05, 0.1) is 36.9 Å². The van der Waals surface area contributed by atoms with Crippen LogP contribution in [0, 0.1) is 5.92 Å². The number of likely N-dealkylation sites (tertiary alicyclic amines) is 1. The number of nitrogens with zero attached hydrogens (tertiary/aromatic N) is 1. The van der Waals surface area contributed by atoms with Crippen molar-refractivity contribution >= 4 is 15.7 Å². The van der Waals surface area contributed by atoms with Crippen molar-refractivity contribution in [3.05, 3.63) is 95.6 Å². The second kappa shape index (κ2) is 12.4. The molecule has 3 heterocycles. The van der Waals surface area contributed by atoms with Crippen molar-refractivity contribution < 1.29 is 32.5 Å². The molecular weight excluding hydrogens is 556 g/mol. The first-order valence-electron chi connectivity index (χ1n) is 14.5. The van der Waals surface area contributed by atoms with Crippen molar-refractivity contribution in [1.29, 1.82) is 0 Å². The second-order valence-electron chi connectivity index (χ2n) is 11.3. The molecule has 3 fully saturated rings. The molecule has 3 aromatic rings. The van der Waals surface area contributed by atoms with E-state index < -0.39 is 22.1 Å². The summed E-state index contributed by atoms with van der Waals surface area (Å²) in [6.45, 7) is 5.85. The van der Waals surface area contributed by atoms with Crippen molar-refractivity contribution in [3.63, 3.8) is 0 Å². The van der Waals surface area contributed by atoms with Gasteiger partial charge in [0.25, 0.3) is 10.0 Å². The Morgan fingerprint density at radius 1 is 0.905 bits per heavy atom. The molecule has 3 aliphatic rings. The Morgan fingerprint density at radius 3 is 2.31 bits per heavy atom. The minimum Gasteiger partial charge on any atom is -0.392 e. The van der Waals surface area contributed by atoms with Crippen LogP contribution in [0.2, 0.25) is 0 Å². The third-order valence-electron chi connectivity index (χ3n) is 8.46. The summed E-state index contributed by atoms with van der Waals surface area (Å²) >= 11 is 0. The van der Waals surface area contributed by atoms with E-state index in [9.17, 15) is 13.5 Å². The molecule has 10 heteroatoms. The van der Waals surface area contributed by atoms with E-state index in [1.54, 1.807) is 48.5 Å². The highest BCUT2D eigenvalue weighted by atomic mass is 32.2. The zero-order chi connectivity index (χ0) is 29.2. The number of hydrogen-bond acceptors (Lipinski definition) is 8. The zero-order valence-corrected chi connectivity index (χ0v) is 24.5. The number of aliphatic hydroxyl groups is 1. The topological polar surface area (TPSA) is 107 Å². The van der Waals surface area contributed by atoms with E-state index in [-0.39, 0.29) is 29.6 Å². The average molecular weight is 595 g/mol. The second-order valence-corrected chi connectivity index (χ2v) is 13.0. The summed E-state index contributed by atoms with van der Waals surface area (Å²) in [5.41, 5.74) is 3.00. The number of hydrogen-bond donors (Lipinski definition) is 2. The fraction of sp³-hybridized carbons (Fsp3) is 0.438. The maximum atomic E-state index is 13.0. The molecule has 0 radical (unpaired) electrons. The van der Waals surface area contributed by atoms with Crippen molar-refractivity contribution in [2.75, 3.05) is 37.6 Å². The van der Waals surface area contributed by atoms with E-state index in [0.29, 0.717) is 18.9 Å². The molecule has 1 unspecified atom stereocenters. The fourth-order valence-corrected chi connectivity index (χ4v) is 7.08. The van der Waals surface area contributed by atoms with Crippen molar-refractivity contribution in [2.45, 2.75) is 55.6 Å². The molecule has 9 nitrogen and oxygen atoms in total. The summed E-state index contributed by atoms with van der Waals surface area (Å²) in [6.07, 6.45) is 0.541. The summed E-state index contributed by atoms with van der Waals surface area (Å²) in [4.78, 5) is 2.59. The van der Waals surface area contributed by atoms with Gasteiger partial charge in [-0.15, -0.1) is 0 Å². The van der Waals surface area contributed by atoms with Crippen LogP contribution in [0.15, 0.2) is 83.8 Å². The molecule has 3 aliphatic heterocycles. The Kier molecular flexibility index (Phi) is 8.65. The van der Waals surface area contributed by atoms with E-state index >= 15 is 0 Å². The third-order valence-corrected chi connectivity index (χ3v) is 9.85. The van der Waals surface area contributed by atoms with Crippen LogP contribution < -0.4 is 4.72 Å². The Bertz CT molecular complexity index is 1440. The van der Waals surface area contributed by atoms with E-state index in [0.717, 1.165) is 49.2 Å². The maximum Gasteiger partial charge on any atom is 0.261 e. The number of ether oxygens (including phenoxy) is 4. The van der Waals surface area contributed by atoms with E-state index in [2.05, 4.69) is 16.5 Å². The molecule has 0 aliphatic carbocycles. The van der Waals surface area contributed by atoms with Crippen LogP contribution >= 0.6 is 0 Å². The molecule has 224 valence electrons. The largest absolute Gasteiger partial charge is 0.392 e. The highest BCUT2D eigenvalue weighted by Gasteiger charge is 2.43. The monoisotopic (exact) mass is 594 g/mol. The smallest absolute Gasteiger partial charge is 0.261 e. The molecule has 6 rings (SSSR count). The van der Waals surface area contributed by atoms with Gasteiger partial charge in [-0.2, -0.15) is 0 Å². The molecule has 1 spiro atoms. The molecular formula is C32H38N2O7S. The molecule has 4 atom stereocenters. The summed E-state index contributed by atoms with van der Waals surface area (Å²) in [6, 6.07) is 23.3. The molecule has 42 heavy (non-hydrogen) atoms. The van der Waals surface area contributed by atoms with Gasteiger partial charge in [-0.25, -0.2) is 8.42 Å². The Hall–Kier alpha value is -2.83. The van der Waals surface area contributed by atoms with Gasteiger partial charge >= 0.3 is 0 Å². The lowest BCUT2D eigenvalue weighted by Gasteiger charge is -2.44. The number of rotatable bonds is 8. The van der Waals surface area contributed by atoms with Gasteiger partial charge in [0.2, 0.25) is 0 Å². The van der Waals surface area contributed by atoms with Gasteiger partial charge in [0.1, 0.15) is 0 Å². The van der Waals surface area contributed by atoms with Crippen LogP contribution in [0.3, 0.4) is 0 Å².